The largest absolute Gasteiger partial charge is 0.368 e. The monoisotopic (exact) mass is 438 g/mol. The fraction of sp³-hybridized carbons (Fsp3) is 0.920. The maximum Gasteiger partial charge on any atom is 0.158 e. The maximum absolute atomic E-state index is 10.0. The Morgan fingerprint density at radius 1 is 1.00 bits per heavy atom. The summed E-state index contributed by atoms with van der Waals surface area (Å²) < 4.78 is 30.3. The van der Waals surface area contributed by atoms with Crippen molar-refractivity contribution in [2.24, 2.45) is 11.8 Å². The highest BCUT2D eigenvalue weighted by Crippen LogP contribution is 2.45. The Balaban J connectivity index is 1.40. The highest BCUT2D eigenvalue weighted by atomic mass is 16.7. The summed E-state index contributed by atoms with van der Waals surface area (Å²) in [4.78, 5) is 0. The molecule has 4 fully saturated rings. The van der Waals surface area contributed by atoms with Crippen LogP contribution >= 0.6 is 0 Å². The van der Waals surface area contributed by atoms with Gasteiger partial charge < -0.3 is 28.8 Å². The van der Waals surface area contributed by atoms with Crippen molar-refractivity contribution in [3.8, 4) is 0 Å². The average molecular weight is 439 g/mol. The third-order valence-corrected chi connectivity index (χ3v) is 7.24. The number of hydrogen-bond donors (Lipinski definition) is 1. The number of unbranched alkanes of at least 4 members (excludes halogenated alkanes) is 2. The Morgan fingerprint density at radius 3 is 2.48 bits per heavy atom. The lowest BCUT2D eigenvalue weighted by molar-refractivity contribution is -0.196. The molecule has 2 unspecified atom stereocenters. The normalized spacial score (nSPS) is 39.7. The fourth-order valence-corrected chi connectivity index (χ4v) is 5.54. The molecular weight excluding hydrogens is 396 g/mol. The highest BCUT2D eigenvalue weighted by molar-refractivity contribution is 5.07. The Kier molecular flexibility index (Phi) is 9.23. The lowest BCUT2D eigenvalue weighted by Gasteiger charge is -2.30. The standard InChI is InChI=1S/C25H42O6/c1-2-3-4-9-18(29-24-10-5-7-14-27-24)12-13-19-20-16-23(26)30-22(20)17-21(19)31-25-11-6-8-15-28-25/h12-13,18-26H,2-11,14-17H2,1H3/b13-12+/t18-,19+,20+,21+,22-,23-,24?,25?/m0/s1. The zero-order valence-corrected chi connectivity index (χ0v) is 19.2. The molecule has 8 atom stereocenters. The maximum atomic E-state index is 10.0. The summed E-state index contributed by atoms with van der Waals surface area (Å²) in [6, 6.07) is 0. The van der Waals surface area contributed by atoms with E-state index in [9.17, 15) is 5.11 Å². The van der Waals surface area contributed by atoms with Crippen LogP contribution in [-0.4, -0.2) is 55.5 Å². The third kappa shape index (κ3) is 6.75. The van der Waals surface area contributed by atoms with E-state index in [1.54, 1.807) is 0 Å². The van der Waals surface area contributed by atoms with Crippen LogP contribution in [0.1, 0.15) is 84.0 Å². The van der Waals surface area contributed by atoms with E-state index in [-0.39, 0.29) is 36.8 Å². The third-order valence-electron chi connectivity index (χ3n) is 7.24. The smallest absolute Gasteiger partial charge is 0.158 e. The van der Waals surface area contributed by atoms with Crippen LogP contribution < -0.4 is 0 Å². The summed E-state index contributed by atoms with van der Waals surface area (Å²) in [5, 5.41) is 10.0. The van der Waals surface area contributed by atoms with E-state index in [4.69, 9.17) is 23.7 Å². The molecule has 178 valence electrons. The zero-order valence-electron chi connectivity index (χ0n) is 19.2. The van der Waals surface area contributed by atoms with E-state index in [0.717, 1.165) is 64.6 Å². The van der Waals surface area contributed by atoms with Gasteiger partial charge in [-0.05, 0) is 50.9 Å². The van der Waals surface area contributed by atoms with Crippen molar-refractivity contribution in [3.05, 3.63) is 12.2 Å². The molecule has 0 aromatic carbocycles. The number of aliphatic hydroxyl groups excluding tert-OH is 1. The predicted octanol–water partition coefficient (Wildman–Crippen LogP) is 4.69. The van der Waals surface area contributed by atoms with Gasteiger partial charge in [0, 0.05) is 32.0 Å². The second kappa shape index (κ2) is 12.1. The van der Waals surface area contributed by atoms with Crippen LogP contribution in [0.5, 0.6) is 0 Å². The first-order valence-electron chi connectivity index (χ1n) is 12.8. The number of rotatable bonds is 10. The summed E-state index contributed by atoms with van der Waals surface area (Å²) in [6.07, 6.45) is 16.5. The minimum atomic E-state index is -0.648. The van der Waals surface area contributed by atoms with Gasteiger partial charge in [0.15, 0.2) is 18.9 Å². The van der Waals surface area contributed by atoms with Crippen LogP contribution in [0.25, 0.3) is 0 Å². The average Bonchev–Trinajstić information content (AvgIpc) is 3.29. The quantitative estimate of drug-likeness (QED) is 0.394. The van der Waals surface area contributed by atoms with Gasteiger partial charge in [-0.2, -0.15) is 0 Å². The van der Waals surface area contributed by atoms with Crippen LogP contribution in [0.15, 0.2) is 12.2 Å². The molecule has 1 saturated carbocycles. The van der Waals surface area contributed by atoms with Gasteiger partial charge >= 0.3 is 0 Å². The fourth-order valence-electron chi connectivity index (χ4n) is 5.54. The van der Waals surface area contributed by atoms with Crippen molar-refractivity contribution in [2.75, 3.05) is 13.2 Å². The molecule has 0 bridgehead atoms. The molecule has 0 spiro atoms. The van der Waals surface area contributed by atoms with Gasteiger partial charge in [-0.15, -0.1) is 0 Å². The molecule has 6 heteroatoms. The predicted molar refractivity (Wildman–Crippen MR) is 117 cm³/mol. The SMILES string of the molecule is CCCCC[C@@H](/C=C/[C@@H]1[C@H]2C[C@@H](O)O[C@H]2C[C@H]1OC1CCCCO1)OC1CCCCO1. The van der Waals surface area contributed by atoms with Gasteiger partial charge in [-0.1, -0.05) is 38.3 Å². The Morgan fingerprint density at radius 2 is 1.77 bits per heavy atom. The number of fused-ring (bicyclic) bond motifs is 1. The van der Waals surface area contributed by atoms with Crippen LogP contribution in [0.4, 0.5) is 0 Å². The molecule has 4 aliphatic rings. The van der Waals surface area contributed by atoms with Crippen LogP contribution in [0, 0.1) is 11.8 Å². The van der Waals surface area contributed by atoms with Crippen molar-refractivity contribution >= 4 is 0 Å². The first kappa shape index (κ1) is 23.7. The molecule has 1 aliphatic carbocycles. The van der Waals surface area contributed by atoms with Crippen LogP contribution in [-0.2, 0) is 23.7 Å². The van der Waals surface area contributed by atoms with Gasteiger partial charge in [0.05, 0.1) is 18.3 Å². The van der Waals surface area contributed by atoms with E-state index < -0.39 is 6.29 Å². The summed E-state index contributed by atoms with van der Waals surface area (Å²) in [5.74, 6) is 0.513. The van der Waals surface area contributed by atoms with Crippen molar-refractivity contribution in [1.29, 1.82) is 0 Å². The van der Waals surface area contributed by atoms with Gasteiger partial charge in [0.25, 0.3) is 0 Å². The van der Waals surface area contributed by atoms with Crippen molar-refractivity contribution in [3.63, 3.8) is 0 Å². The van der Waals surface area contributed by atoms with Gasteiger partial charge in [0.2, 0.25) is 0 Å². The molecule has 31 heavy (non-hydrogen) atoms. The Bertz CT molecular complexity index is 542. The molecule has 3 aliphatic heterocycles. The van der Waals surface area contributed by atoms with Crippen LogP contribution in [0.3, 0.4) is 0 Å². The Hall–Kier alpha value is -0.500. The molecule has 1 N–H and O–H groups in total. The van der Waals surface area contributed by atoms with E-state index in [1.807, 2.05) is 0 Å². The van der Waals surface area contributed by atoms with E-state index >= 15 is 0 Å². The second-order valence-corrected chi connectivity index (χ2v) is 9.66. The van der Waals surface area contributed by atoms with E-state index in [0.29, 0.717) is 12.3 Å². The molecular formula is C25H42O6. The molecule has 0 aromatic heterocycles. The zero-order chi connectivity index (χ0) is 21.5. The first-order chi connectivity index (χ1) is 15.2. The Labute approximate surface area is 187 Å². The van der Waals surface area contributed by atoms with Crippen LogP contribution in [0.2, 0.25) is 0 Å². The van der Waals surface area contributed by atoms with Gasteiger partial charge in [-0.3, -0.25) is 0 Å². The lowest BCUT2D eigenvalue weighted by atomic mass is 9.91. The summed E-state index contributed by atoms with van der Waals surface area (Å²) in [7, 11) is 0. The van der Waals surface area contributed by atoms with Crippen molar-refractivity contribution in [2.45, 2.75) is 121 Å². The minimum absolute atomic E-state index is 0.0625. The van der Waals surface area contributed by atoms with Crippen molar-refractivity contribution < 1.29 is 28.8 Å². The molecule has 3 saturated heterocycles. The van der Waals surface area contributed by atoms with E-state index in [2.05, 4.69) is 19.1 Å². The summed E-state index contributed by atoms with van der Waals surface area (Å²) in [5.41, 5.74) is 0. The first-order valence-corrected chi connectivity index (χ1v) is 12.8. The highest BCUT2D eigenvalue weighted by Gasteiger charge is 2.49. The molecule has 0 aromatic rings. The molecule has 0 amide bonds. The molecule has 4 rings (SSSR count). The van der Waals surface area contributed by atoms with Gasteiger partial charge in [0.1, 0.15) is 0 Å². The minimum Gasteiger partial charge on any atom is -0.368 e. The number of ether oxygens (including phenoxy) is 5. The number of hydrogen-bond acceptors (Lipinski definition) is 6. The topological polar surface area (TPSA) is 66.4 Å². The summed E-state index contributed by atoms with van der Waals surface area (Å²) in [6.45, 7) is 3.82. The molecule has 0 radical (unpaired) electrons. The molecule has 3 heterocycles. The van der Waals surface area contributed by atoms with Crippen molar-refractivity contribution in [1.82, 2.24) is 0 Å². The lowest BCUT2D eigenvalue weighted by Crippen LogP contribution is -2.31. The second-order valence-electron chi connectivity index (χ2n) is 9.66. The number of aliphatic hydroxyl groups is 1. The van der Waals surface area contributed by atoms with Gasteiger partial charge in [-0.25, -0.2) is 0 Å². The van der Waals surface area contributed by atoms with E-state index in [1.165, 1.54) is 19.3 Å². The molecule has 6 nitrogen and oxygen atoms in total. The summed E-state index contributed by atoms with van der Waals surface area (Å²) >= 11 is 0.